The number of hydrogen-bond acceptors (Lipinski definition) is 4. The number of carbonyl (C=O) groups excluding carboxylic acids is 1. The van der Waals surface area contributed by atoms with E-state index in [1.807, 2.05) is 66.7 Å². The van der Waals surface area contributed by atoms with E-state index in [2.05, 4.69) is 5.43 Å². The number of hydrogen-bond donors (Lipinski definition) is 2. The summed E-state index contributed by atoms with van der Waals surface area (Å²) in [7, 11) is 0. The van der Waals surface area contributed by atoms with Crippen molar-refractivity contribution in [3.63, 3.8) is 0 Å². The van der Waals surface area contributed by atoms with Gasteiger partial charge in [0, 0.05) is 15.4 Å². The van der Waals surface area contributed by atoms with Crippen molar-refractivity contribution in [1.29, 1.82) is 0 Å². The van der Waals surface area contributed by atoms with Gasteiger partial charge in [0.25, 0.3) is 5.91 Å². The van der Waals surface area contributed by atoms with Crippen molar-refractivity contribution in [3.05, 3.63) is 90.0 Å². The molecule has 25 heavy (non-hydrogen) atoms. The van der Waals surface area contributed by atoms with Gasteiger partial charge in [0.1, 0.15) is 12.4 Å². The van der Waals surface area contributed by atoms with E-state index in [1.165, 1.54) is 0 Å². The fraction of sp³-hybridized carbons (Fsp3) is 0.0500. The summed E-state index contributed by atoms with van der Waals surface area (Å²) >= 11 is 1.61. The topological polar surface area (TPSA) is 64.3 Å². The summed E-state index contributed by atoms with van der Waals surface area (Å²) in [5.41, 5.74) is 3.79. The van der Waals surface area contributed by atoms with E-state index in [-0.39, 0.29) is 5.91 Å². The Morgan fingerprint density at radius 2 is 1.68 bits per heavy atom. The number of hydrazine groups is 1. The van der Waals surface area contributed by atoms with Crippen LogP contribution in [0, 0.1) is 0 Å². The first-order valence-corrected chi connectivity index (χ1v) is 8.62. The van der Waals surface area contributed by atoms with Gasteiger partial charge in [-0.05, 0) is 48.0 Å². The number of ether oxygens (including phenoxy) is 1. The minimum Gasteiger partial charge on any atom is -0.489 e. The molecule has 5 heteroatoms. The number of rotatable bonds is 6. The lowest BCUT2D eigenvalue weighted by atomic mass is 10.2. The van der Waals surface area contributed by atoms with Crippen molar-refractivity contribution in [1.82, 2.24) is 5.43 Å². The Morgan fingerprint density at radius 1 is 0.920 bits per heavy atom. The lowest BCUT2D eigenvalue weighted by molar-refractivity contribution is 0.0953. The van der Waals surface area contributed by atoms with Crippen molar-refractivity contribution in [2.24, 2.45) is 5.84 Å². The predicted molar refractivity (Wildman–Crippen MR) is 99.4 cm³/mol. The molecule has 0 radical (unpaired) electrons. The van der Waals surface area contributed by atoms with Gasteiger partial charge < -0.3 is 4.74 Å². The molecule has 4 nitrogen and oxygen atoms in total. The quantitative estimate of drug-likeness (QED) is 0.400. The highest BCUT2D eigenvalue weighted by molar-refractivity contribution is 7.99. The number of carbonyl (C=O) groups is 1. The third-order valence-corrected chi connectivity index (χ3v) is 4.53. The Bertz CT molecular complexity index is 836. The van der Waals surface area contributed by atoms with Gasteiger partial charge in [0.2, 0.25) is 0 Å². The molecule has 0 unspecified atom stereocenters. The largest absolute Gasteiger partial charge is 0.489 e. The van der Waals surface area contributed by atoms with Crippen LogP contribution in [0.5, 0.6) is 5.75 Å². The Kier molecular flexibility index (Phi) is 5.72. The summed E-state index contributed by atoms with van der Waals surface area (Å²) in [6.45, 7) is 0.540. The van der Waals surface area contributed by atoms with Crippen LogP contribution in [-0.2, 0) is 6.61 Å². The van der Waals surface area contributed by atoms with E-state index in [0.29, 0.717) is 12.2 Å². The van der Waals surface area contributed by atoms with E-state index in [1.54, 1.807) is 23.9 Å². The maximum atomic E-state index is 11.5. The molecule has 0 aromatic heterocycles. The summed E-state index contributed by atoms with van der Waals surface area (Å²) in [5, 5.41) is 0. The number of amides is 1. The molecule has 3 N–H and O–H groups in total. The molecular formula is C20H18N2O2S. The standard InChI is InChI=1S/C20H18N2O2S/c21-22-20(23)16-9-11-18(12-10-16)25-19-8-4-7-17(13-19)24-14-15-5-2-1-3-6-15/h1-13H,14,21H2,(H,22,23). The Labute approximate surface area is 151 Å². The van der Waals surface area contributed by atoms with Crippen LogP contribution >= 0.6 is 11.8 Å². The zero-order chi connectivity index (χ0) is 17.5. The Hall–Kier alpha value is -2.76. The normalized spacial score (nSPS) is 10.3. The summed E-state index contributed by atoms with van der Waals surface area (Å²) < 4.78 is 5.86. The maximum Gasteiger partial charge on any atom is 0.265 e. The average Bonchev–Trinajstić information content (AvgIpc) is 2.67. The molecule has 0 aliphatic heterocycles. The highest BCUT2D eigenvalue weighted by Gasteiger charge is 2.04. The molecule has 0 fully saturated rings. The molecule has 0 saturated heterocycles. The second-order valence-corrected chi connectivity index (χ2v) is 6.50. The SMILES string of the molecule is NNC(=O)c1ccc(Sc2cccc(OCc3ccccc3)c2)cc1. The van der Waals surface area contributed by atoms with Crippen LogP contribution in [0.2, 0.25) is 0 Å². The van der Waals surface area contributed by atoms with E-state index >= 15 is 0 Å². The molecule has 0 heterocycles. The fourth-order valence-corrected chi connectivity index (χ4v) is 3.13. The van der Waals surface area contributed by atoms with Crippen molar-refractivity contribution >= 4 is 17.7 Å². The molecule has 0 aliphatic carbocycles. The zero-order valence-electron chi connectivity index (χ0n) is 13.5. The van der Waals surface area contributed by atoms with Gasteiger partial charge in [0.15, 0.2) is 0 Å². The minimum atomic E-state index is -0.298. The van der Waals surface area contributed by atoms with E-state index in [4.69, 9.17) is 10.6 Å². The fourth-order valence-electron chi connectivity index (χ4n) is 2.26. The third kappa shape index (κ3) is 4.86. The highest BCUT2D eigenvalue weighted by Crippen LogP contribution is 2.30. The van der Waals surface area contributed by atoms with E-state index in [0.717, 1.165) is 21.1 Å². The average molecular weight is 350 g/mol. The van der Waals surface area contributed by atoms with Crippen LogP contribution in [0.4, 0.5) is 0 Å². The van der Waals surface area contributed by atoms with Crippen LogP contribution in [0.1, 0.15) is 15.9 Å². The first-order chi connectivity index (χ1) is 12.2. The molecule has 126 valence electrons. The van der Waals surface area contributed by atoms with Crippen molar-refractivity contribution < 1.29 is 9.53 Å². The van der Waals surface area contributed by atoms with E-state index < -0.39 is 0 Å². The molecule has 3 aromatic rings. The Morgan fingerprint density at radius 3 is 2.40 bits per heavy atom. The van der Waals surface area contributed by atoms with Gasteiger partial charge in [0.05, 0.1) is 0 Å². The molecule has 0 bridgehead atoms. The van der Waals surface area contributed by atoms with Gasteiger partial charge in [-0.25, -0.2) is 5.84 Å². The van der Waals surface area contributed by atoms with Crippen LogP contribution in [-0.4, -0.2) is 5.91 Å². The molecule has 0 saturated carbocycles. The summed E-state index contributed by atoms with van der Waals surface area (Å²) in [4.78, 5) is 13.6. The first kappa shape index (κ1) is 17.1. The van der Waals surface area contributed by atoms with Gasteiger partial charge in [-0.3, -0.25) is 10.2 Å². The van der Waals surface area contributed by atoms with Crippen molar-refractivity contribution in [2.75, 3.05) is 0 Å². The number of nitrogen functional groups attached to an aromatic ring is 1. The predicted octanol–water partition coefficient (Wildman–Crippen LogP) is 4.02. The zero-order valence-corrected chi connectivity index (χ0v) is 14.3. The second-order valence-electron chi connectivity index (χ2n) is 5.35. The summed E-state index contributed by atoms with van der Waals surface area (Å²) in [6.07, 6.45) is 0. The van der Waals surface area contributed by atoms with Gasteiger partial charge in [-0.2, -0.15) is 0 Å². The van der Waals surface area contributed by atoms with Crippen molar-refractivity contribution in [3.8, 4) is 5.75 Å². The second kappa shape index (κ2) is 8.37. The lowest BCUT2D eigenvalue weighted by Gasteiger charge is -2.08. The Balaban J connectivity index is 1.64. The molecule has 0 atom stereocenters. The van der Waals surface area contributed by atoms with E-state index in [9.17, 15) is 4.79 Å². The third-order valence-electron chi connectivity index (χ3n) is 3.54. The minimum absolute atomic E-state index is 0.298. The number of benzene rings is 3. The number of nitrogens with one attached hydrogen (secondary N) is 1. The van der Waals surface area contributed by atoms with Crippen LogP contribution in [0.15, 0.2) is 88.7 Å². The maximum absolute atomic E-state index is 11.5. The molecule has 0 aliphatic rings. The molecular weight excluding hydrogens is 332 g/mol. The molecule has 0 spiro atoms. The molecule has 3 rings (SSSR count). The lowest BCUT2D eigenvalue weighted by Crippen LogP contribution is -2.29. The van der Waals surface area contributed by atoms with Crippen molar-refractivity contribution in [2.45, 2.75) is 16.4 Å². The van der Waals surface area contributed by atoms with Gasteiger partial charge in [-0.15, -0.1) is 0 Å². The molecule has 1 amide bonds. The molecule has 3 aromatic carbocycles. The summed E-state index contributed by atoms with van der Waals surface area (Å²) in [5.74, 6) is 5.66. The first-order valence-electron chi connectivity index (χ1n) is 7.80. The van der Waals surface area contributed by atoms with Gasteiger partial charge >= 0.3 is 0 Å². The van der Waals surface area contributed by atoms with Gasteiger partial charge in [-0.1, -0.05) is 48.2 Å². The number of nitrogens with two attached hydrogens (primary N) is 1. The smallest absolute Gasteiger partial charge is 0.265 e. The van der Waals surface area contributed by atoms with Crippen LogP contribution in [0.3, 0.4) is 0 Å². The van der Waals surface area contributed by atoms with Crippen LogP contribution in [0.25, 0.3) is 0 Å². The highest BCUT2D eigenvalue weighted by atomic mass is 32.2. The summed E-state index contributed by atoms with van der Waals surface area (Å²) in [6, 6.07) is 25.3. The monoisotopic (exact) mass is 350 g/mol. The van der Waals surface area contributed by atoms with Crippen LogP contribution < -0.4 is 16.0 Å².